The minimum Gasteiger partial charge on any atom is -0.300 e. The van der Waals surface area contributed by atoms with Crippen LogP contribution in [0.2, 0.25) is 0 Å². The van der Waals surface area contributed by atoms with E-state index in [0.717, 1.165) is 38.5 Å². The van der Waals surface area contributed by atoms with Crippen LogP contribution < -0.4 is 0 Å². The summed E-state index contributed by atoms with van der Waals surface area (Å²) in [5.41, 5.74) is 7.32. The molecule has 0 aromatic rings. The standard InChI is InChI=1S/C28H46O/c1-23(2)13-8-14-24(3)15-9-16-25(4)17-10-18-26(5)19-11-20-27(6)21-12-22-28(7)29/h13,15,17,19,21H,8-12,14,16,18,20,22H2,1-7H3. The van der Waals surface area contributed by atoms with Gasteiger partial charge in [0, 0.05) is 6.42 Å². The summed E-state index contributed by atoms with van der Waals surface area (Å²) in [7, 11) is 0. The summed E-state index contributed by atoms with van der Waals surface area (Å²) in [5.74, 6) is 0.277. The first kappa shape index (κ1) is 27.4. The van der Waals surface area contributed by atoms with Gasteiger partial charge in [0.05, 0.1) is 0 Å². The van der Waals surface area contributed by atoms with Crippen molar-refractivity contribution in [2.75, 3.05) is 0 Å². The highest BCUT2D eigenvalue weighted by molar-refractivity contribution is 5.75. The first-order chi connectivity index (χ1) is 13.7. The predicted molar refractivity (Wildman–Crippen MR) is 131 cm³/mol. The van der Waals surface area contributed by atoms with Gasteiger partial charge in [-0.3, -0.25) is 0 Å². The minimum atomic E-state index is 0.277. The van der Waals surface area contributed by atoms with E-state index in [1.54, 1.807) is 6.92 Å². The zero-order valence-electron chi connectivity index (χ0n) is 20.4. The lowest BCUT2D eigenvalue weighted by Crippen LogP contribution is -1.87. The molecule has 0 radical (unpaired) electrons. The maximum atomic E-state index is 11.0. The van der Waals surface area contributed by atoms with E-state index >= 15 is 0 Å². The topological polar surface area (TPSA) is 17.1 Å². The summed E-state index contributed by atoms with van der Waals surface area (Å²) in [6.07, 6.45) is 22.5. The molecule has 0 heterocycles. The lowest BCUT2D eigenvalue weighted by Gasteiger charge is -2.03. The molecule has 0 bridgehead atoms. The smallest absolute Gasteiger partial charge is 0.130 e. The van der Waals surface area contributed by atoms with Gasteiger partial charge in [-0.15, -0.1) is 0 Å². The van der Waals surface area contributed by atoms with E-state index in [4.69, 9.17) is 0 Å². The zero-order valence-corrected chi connectivity index (χ0v) is 20.4. The van der Waals surface area contributed by atoms with Gasteiger partial charge in [-0.05, 0) is 106 Å². The fourth-order valence-electron chi connectivity index (χ4n) is 3.16. The molecule has 0 aromatic heterocycles. The zero-order chi connectivity index (χ0) is 22.1. The summed E-state index contributed by atoms with van der Waals surface area (Å²) in [4.78, 5) is 11.0. The lowest BCUT2D eigenvalue weighted by molar-refractivity contribution is -0.116. The summed E-state index contributed by atoms with van der Waals surface area (Å²) in [6.45, 7) is 14.9. The Balaban J connectivity index is 4.06. The van der Waals surface area contributed by atoms with Crippen LogP contribution in [0.5, 0.6) is 0 Å². The Morgan fingerprint density at radius 2 is 0.724 bits per heavy atom. The first-order valence-electron chi connectivity index (χ1n) is 11.5. The van der Waals surface area contributed by atoms with E-state index < -0.39 is 0 Å². The Morgan fingerprint density at radius 3 is 1.00 bits per heavy atom. The van der Waals surface area contributed by atoms with Gasteiger partial charge in [0.25, 0.3) is 0 Å². The van der Waals surface area contributed by atoms with Crippen molar-refractivity contribution in [2.24, 2.45) is 0 Å². The molecule has 0 saturated heterocycles. The van der Waals surface area contributed by atoms with Gasteiger partial charge >= 0.3 is 0 Å². The maximum Gasteiger partial charge on any atom is 0.130 e. The highest BCUT2D eigenvalue weighted by Crippen LogP contribution is 2.15. The molecule has 1 heteroatoms. The molecule has 1 nitrogen and oxygen atoms in total. The Hall–Kier alpha value is -1.63. The third-order valence-electron chi connectivity index (χ3n) is 5.17. The van der Waals surface area contributed by atoms with E-state index in [1.165, 1.54) is 47.1 Å². The van der Waals surface area contributed by atoms with Crippen molar-refractivity contribution in [3.05, 3.63) is 58.2 Å². The minimum absolute atomic E-state index is 0.277. The molecule has 0 aliphatic rings. The van der Waals surface area contributed by atoms with E-state index in [-0.39, 0.29) is 5.78 Å². The molecule has 0 aliphatic heterocycles. The van der Waals surface area contributed by atoms with Crippen LogP contribution in [-0.4, -0.2) is 5.78 Å². The summed E-state index contributed by atoms with van der Waals surface area (Å²) in [6, 6.07) is 0. The molecule has 0 spiro atoms. The fourth-order valence-corrected chi connectivity index (χ4v) is 3.16. The normalized spacial score (nSPS) is 13.6. The molecule has 29 heavy (non-hydrogen) atoms. The van der Waals surface area contributed by atoms with E-state index in [2.05, 4.69) is 71.9 Å². The summed E-state index contributed by atoms with van der Waals surface area (Å²) in [5, 5.41) is 0. The molecule has 164 valence electrons. The van der Waals surface area contributed by atoms with Crippen LogP contribution in [0.1, 0.15) is 113 Å². The van der Waals surface area contributed by atoms with Crippen molar-refractivity contribution >= 4 is 5.78 Å². The molecular weight excluding hydrogens is 352 g/mol. The average Bonchev–Trinajstić information content (AvgIpc) is 2.61. The summed E-state index contributed by atoms with van der Waals surface area (Å²) < 4.78 is 0. The SMILES string of the molecule is CC(=O)CCC=C(C)CCC=C(C)CCC=C(C)CCC=C(C)CCC=C(C)C. The number of allylic oxidation sites excluding steroid dienone is 10. The van der Waals surface area contributed by atoms with Crippen LogP contribution in [0, 0.1) is 0 Å². The number of carbonyl (C=O) groups excluding carboxylic acids is 1. The highest BCUT2D eigenvalue weighted by Gasteiger charge is 1.95. The van der Waals surface area contributed by atoms with Gasteiger partial charge in [0.1, 0.15) is 5.78 Å². The Morgan fingerprint density at radius 1 is 0.448 bits per heavy atom. The molecule has 0 amide bonds. The van der Waals surface area contributed by atoms with Gasteiger partial charge in [0.15, 0.2) is 0 Å². The molecule has 0 atom stereocenters. The van der Waals surface area contributed by atoms with Gasteiger partial charge < -0.3 is 4.79 Å². The van der Waals surface area contributed by atoms with Crippen LogP contribution in [0.4, 0.5) is 0 Å². The number of Topliss-reactive ketones (excluding diaryl/α,β-unsaturated/α-hetero) is 1. The average molecular weight is 399 g/mol. The Labute approximate surface area is 181 Å². The fraction of sp³-hybridized carbons (Fsp3) is 0.607. The molecule has 0 aromatic carbocycles. The molecule has 0 N–H and O–H groups in total. The second-order valence-corrected chi connectivity index (χ2v) is 8.88. The van der Waals surface area contributed by atoms with Gasteiger partial charge in [-0.25, -0.2) is 0 Å². The number of hydrogen-bond donors (Lipinski definition) is 0. The highest BCUT2D eigenvalue weighted by atomic mass is 16.1. The Bertz CT molecular complexity index is 619. The maximum absolute atomic E-state index is 11.0. The van der Waals surface area contributed by atoms with Crippen molar-refractivity contribution < 1.29 is 4.79 Å². The van der Waals surface area contributed by atoms with Crippen LogP contribution in [-0.2, 0) is 4.79 Å². The second-order valence-electron chi connectivity index (χ2n) is 8.88. The van der Waals surface area contributed by atoms with Crippen molar-refractivity contribution in [3.8, 4) is 0 Å². The van der Waals surface area contributed by atoms with E-state index in [1.807, 2.05) is 0 Å². The number of ketones is 1. The van der Waals surface area contributed by atoms with Crippen LogP contribution in [0.15, 0.2) is 58.2 Å². The molecule has 0 saturated carbocycles. The third kappa shape index (κ3) is 19.5. The van der Waals surface area contributed by atoms with Gasteiger partial charge in [-0.1, -0.05) is 58.2 Å². The summed E-state index contributed by atoms with van der Waals surface area (Å²) >= 11 is 0. The largest absolute Gasteiger partial charge is 0.300 e. The van der Waals surface area contributed by atoms with Crippen LogP contribution in [0.3, 0.4) is 0 Å². The molecular formula is C28H46O. The van der Waals surface area contributed by atoms with Crippen molar-refractivity contribution in [2.45, 2.75) is 113 Å². The van der Waals surface area contributed by atoms with Crippen LogP contribution >= 0.6 is 0 Å². The molecule has 0 fully saturated rings. The first-order valence-corrected chi connectivity index (χ1v) is 11.5. The Kier molecular flexibility index (Phi) is 16.3. The predicted octanol–water partition coefficient (Wildman–Crippen LogP) is 9.23. The number of rotatable bonds is 15. The molecule has 0 rings (SSSR count). The van der Waals surface area contributed by atoms with Crippen molar-refractivity contribution in [1.82, 2.24) is 0 Å². The van der Waals surface area contributed by atoms with Crippen molar-refractivity contribution in [3.63, 3.8) is 0 Å². The third-order valence-corrected chi connectivity index (χ3v) is 5.17. The monoisotopic (exact) mass is 398 g/mol. The molecule has 0 unspecified atom stereocenters. The van der Waals surface area contributed by atoms with Crippen molar-refractivity contribution in [1.29, 1.82) is 0 Å². The second kappa shape index (κ2) is 17.2. The van der Waals surface area contributed by atoms with Crippen LogP contribution in [0.25, 0.3) is 0 Å². The quantitative estimate of drug-likeness (QED) is 0.251. The number of carbonyl (C=O) groups is 1. The van der Waals surface area contributed by atoms with E-state index in [0.29, 0.717) is 6.42 Å². The molecule has 0 aliphatic carbocycles. The van der Waals surface area contributed by atoms with Gasteiger partial charge in [-0.2, -0.15) is 0 Å². The van der Waals surface area contributed by atoms with Gasteiger partial charge in [0.2, 0.25) is 0 Å². The lowest BCUT2D eigenvalue weighted by atomic mass is 10.0. The number of hydrogen-bond acceptors (Lipinski definition) is 1. The van der Waals surface area contributed by atoms with E-state index in [9.17, 15) is 4.79 Å².